The minimum Gasteiger partial charge on any atom is -0.343 e. The van der Waals surface area contributed by atoms with Crippen molar-refractivity contribution >= 4 is 5.91 Å². The molecular weight excluding hydrogens is 152 g/mol. The van der Waals surface area contributed by atoms with E-state index >= 15 is 0 Å². The molecule has 0 radical (unpaired) electrons. The average Bonchev–Trinajstić information content (AvgIpc) is 1.79. The van der Waals surface area contributed by atoms with Crippen molar-refractivity contribution in [1.29, 1.82) is 0 Å². The van der Waals surface area contributed by atoms with Crippen molar-refractivity contribution in [3.63, 3.8) is 0 Å². The largest absolute Gasteiger partial charge is 0.343 e. The molecule has 1 rings (SSSR count). The van der Waals surface area contributed by atoms with Crippen LogP contribution in [0.1, 0.15) is 20.3 Å². The lowest BCUT2D eigenvalue weighted by Crippen LogP contribution is -2.42. The maximum Gasteiger partial charge on any atom is 0.223 e. The van der Waals surface area contributed by atoms with Gasteiger partial charge in [-0.25, -0.2) is 0 Å². The molecule has 0 atom stereocenters. The van der Waals surface area contributed by atoms with Crippen molar-refractivity contribution in [3.05, 3.63) is 0 Å². The molecule has 1 saturated heterocycles. The highest BCUT2D eigenvalue weighted by Crippen LogP contribution is 2.07. The van der Waals surface area contributed by atoms with E-state index in [9.17, 15) is 4.79 Å². The van der Waals surface area contributed by atoms with Gasteiger partial charge in [0.15, 0.2) is 0 Å². The van der Waals surface area contributed by atoms with Gasteiger partial charge < -0.3 is 9.80 Å². The molecule has 0 saturated carbocycles. The Hall–Kier alpha value is -0.570. The second kappa shape index (κ2) is 5.14. The fourth-order valence-electron chi connectivity index (χ4n) is 1.04. The maximum absolute atomic E-state index is 11.2. The van der Waals surface area contributed by atoms with E-state index in [0.717, 1.165) is 19.6 Å². The van der Waals surface area contributed by atoms with Gasteiger partial charge in [-0.3, -0.25) is 4.79 Å². The highest BCUT2D eigenvalue weighted by molar-refractivity contribution is 5.77. The maximum atomic E-state index is 11.2. The number of hydrogen-bond donors (Lipinski definition) is 0. The summed E-state index contributed by atoms with van der Waals surface area (Å²) < 4.78 is 0. The third-order valence-corrected chi connectivity index (χ3v) is 1.98. The molecule has 12 heavy (non-hydrogen) atoms. The number of carbonyl (C=O) groups excluding carboxylic acids is 1. The zero-order chi connectivity index (χ0) is 8.27. The normalized spacial score (nSPS) is 15.4. The molecule has 0 aromatic carbocycles. The molecule has 0 aromatic heterocycles. The monoisotopic (exact) mass is 172 g/mol. The van der Waals surface area contributed by atoms with E-state index in [1.807, 2.05) is 23.9 Å². The van der Waals surface area contributed by atoms with Crippen molar-refractivity contribution in [2.24, 2.45) is 0 Å². The first-order valence-corrected chi connectivity index (χ1v) is 4.12. The Morgan fingerprint density at radius 3 is 2.33 bits per heavy atom. The SMILES string of the molecule is C.CN(C)CCC(=O)N1CCC1. The van der Waals surface area contributed by atoms with E-state index in [4.69, 9.17) is 0 Å². The Morgan fingerprint density at radius 1 is 1.42 bits per heavy atom. The fourth-order valence-corrected chi connectivity index (χ4v) is 1.04. The molecule has 0 spiro atoms. The van der Waals surface area contributed by atoms with E-state index in [1.165, 1.54) is 6.42 Å². The van der Waals surface area contributed by atoms with Gasteiger partial charge in [0.25, 0.3) is 0 Å². The molecule has 1 fully saturated rings. The molecule has 0 N–H and O–H groups in total. The Balaban J connectivity index is 0.00000121. The predicted octanol–water partition coefficient (Wildman–Crippen LogP) is 0.806. The number of rotatable bonds is 3. The minimum absolute atomic E-state index is 0. The van der Waals surface area contributed by atoms with E-state index in [-0.39, 0.29) is 7.43 Å². The number of likely N-dealkylation sites (tertiary alicyclic amines) is 1. The Morgan fingerprint density at radius 2 is 2.00 bits per heavy atom. The molecule has 1 amide bonds. The zero-order valence-corrected chi connectivity index (χ0v) is 7.34. The second-order valence-electron chi connectivity index (χ2n) is 3.29. The van der Waals surface area contributed by atoms with Crippen LogP contribution in [0.25, 0.3) is 0 Å². The van der Waals surface area contributed by atoms with Crippen LogP contribution in [0.4, 0.5) is 0 Å². The molecule has 1 aliphatic rings. The lowest BCUT2D eigenvalue weighted by molar-refractivity contribution is -0.134. The average molecular weight is 172 g/mol. The molecule has 72 valence electrons. The van der Waals surface area contributed by atoms with Gasteiger partial charge >= 0.3 is 0 Å². The van der Waals surface area contributed by atoms with Gasteiger partial charge in [0.1, 0.15) is 0 Å². The number of amides is 1. The molecule has 0 aliphatic carbocycles. The predicted molar refractivity (Wildman–Crippen MR) is 51.1 cm³/mol. The molecule has 1 heterocycles. The number of nitrogens with zero attached hydrogens (tertiary/aromatic N) is 2. The van der Waals surface area contributed by atoms with Crippen molar-refractivity contribution in [1.82, 2.24) is 9.80 Å². The quantitative estimate of drug-likeness (QED) is 0.629. The van der Waals surface area contributed by atoms with Crippen molar-refractivity contribution in [3.8, 4) is 0 Å². The van der Waals surface area contributed by atoms with Crippen LogP contribution >= 0.6 is 0 Å². The smallest absolute Gasteiger partial charge is 0.223 e. The molecule has 0 aromatic rings. The van der Waals surface area contributed by atoms with E-state index < -0.39 is 0 Å². The van der Waals surface area contributed by atoms with Crippen molar-refractivity contribution in [2.75, 3.05) is 33.7 Å². The van der Waals surface area contributed by atoms with Crippen molar-refractivity contribution in [2.45, 2.75) is 20.3 Å². The molecular formula is C9H20N2O. The Labute approximate surface area is 75.3 Å². The second-order valence-corrected chi connectivity index (χ2v) is 3.29. The first kappa shape index (κ1) is 11.4. The third-order valence-electron chi connectivity index (χ3n) is 1.98. The lowest BCUT2D eigenvalue weighted by atomic mass is 10.2. The summed E-state index contributed by atoms with van der Waals surface area (Å²) in [6, 6.07) is 0. The van der Waals surface area contributed by atoms with Gasteiger partial charge in [0.05, 0.1) is 0 Å². The summed E-state index contributed by atoms with van der Waals surface area (Å²) in [5.41, 5.74) is 0. The van der Waals surface area contributed by atoms with Gasteiger partial charge in [-0.15, -0.1) is 0 Å². The lowest BCUT2D eigenvalue weighted by Gasteiger charge is -2.31. The van der Waals surface area contributed by atoms with Crippen LogP contribution in [-0.4, -0.2) is 49.4 Å². The van der Waals surface area contributed by atoms with Crippen molar-refractivity contribution < 1.29 is 4.79 Å². The van der Waals surface area contributed by atoms with E-state index in [0.29, 0.717) is 12.3 Å². The highest BCUT2D eigenvalue weighted by Gasteiger charge is 2.19. The van der Waals surface area contributed by atoms with E-state index in [1.54, 1.807) is 0 Å². The highest BCUT2D eigenvalue weighted by atomic mass is 16.2. The number of carbonyl (C=O) groups is 1. The summed E-state index contributed by atoms with van der Waals surface area (Å²) in [6.07, 6.45) is 1.86. The summed E-state index contributed by atoms with van der Waals surface area (Å²) in [4.78, 5) is 15.2. The first-order chi connectivity index (χ1) is 5.20. The van der Waals surface area contributed by atoms with Crippen LogP contribution in [0.5, 0.6) is 0 Å². The first-order valence-electron chi connectivity index (χ1n) is 4.12. The summed E-state index contributed by atoms with van der Waals surface area (Å²) in [5, 5.41) is 0. The van der Waals surface area contributed by atoms with Gasteiger partial charge in [-0.2, -0.15) is 0 Å². The van der Waals surface area contributed by atoms with Crippen LogP contribution < -0.4 is 0 Å². The molecule has 0 bridgehead atoms. The van der Waals surface area contributed by atoms with Gasteiger partial charge in [-0.1, -0.05) is 7.43 Å². The Bertz CT molecular complexity index is 141. The summed E-state index contributed by atoms with van der Waals surface area (Å²) >= 11 is 0. The Kier molecular flexibility index (Phi) is 4.90. The molecule has 3 heteroatoms. The van der Waals surface area contributed by atoms with Gasteiger partial charge in [0.2, 0.25) is 5.91 Å². The van der Waals surface area contributed by atoms with E-state index in [2.05, 4.69) is 0 Å². The topological polar surface area (TPSA) is 23.6 Å². The van der Waals surface area contributed by atoms with Crippen LogP contribution in [0.2, 0.25) is 0 Å². The van der Waals surface area contributed by atoms with Gasteiger partial charge in [-0.05, 0) is 20.5 Å². The standard InChI is InChI=1S/C8H16N2O.CH4/c1-9(2)7-4-8(11)10-5-3-6-10;/h3-7H2,1-2H3;1H4. The fraction of sp³-hybridized carbons (Fsp3) is 0.889. The minimum atomic E-state index is 0. The molecule has 3 nitrogen and oxygen atoms in total. The third kappa shape index (κ3) is 3.22. The van der Waals surface area contributed by atoms with Crippen LogP contribution in [0.15, 0.2) is 0 Å². The molecule has 1 aliphatic heterocycles. The van der Waals surface area contributed by atoms with Crippen LogP contribution in [0, 0.1) is 0 Å². The molecule has 0 unspecified atom stereocenters. The zero-order valence-electron chi connectivity index (χ0n) is 7.34. The van der Waals surface area contributed by atoms with Gasteiger partial charge in [0, 0.05) is 26.1 Å². The summed E-state index contributed by atoms with van der Waals surface area (Å²) in [5.74, 6) is 0.310. The summed E-state index contributed by atoms with van der Waals surface area (Å²) in [6.45, 7) is 2.83. The van der Waals surface area contributed by atoms with Crippen LogP contribution in [0.3, 0.4) is 0 Å². The van der Waals surface area contributed by atoms with Crippen LogP contribution in [-0.2, 0) is 4.79 Å². The summed E-state index contributed by atoms with van der Waals surface area (Å²) in [7, 11) is 3.98. The number of hydrogen-bond acceptors (Lipinski definition) is 2.